The summed E-state index contributed by atoms with van der Waals surface area (Å²) in [5.74, 6) is 0.0735. The lowest BCUT2D eigenvalue weighted by Crippen LogP contribution is -2.11. The van der Waals surface area contributed by atoms with Crippen LogP contribution in [0, 0.1) is 16.0 Å². The standard InChI is InChI=1S/C10H16N4O3/c1-3-4-7(2)5-17-10-8(14(15)16)9(11)12-6-13-10/h6-7H,3-5H2,1-2H3,(H2,11,12,13). The van der Waals surface area contributed by atoms with Crippen LogP contribution in [0.3, 0.4) is 0 Å². The largest absolute Gasteiger partial charge is 0.472 e. The van der Waals surface area contributed by atoms with Crippen LogP contribution in [0.4, 0.5) is 11.5 Å². The normalized spacial score (nSPS) is 12.1. The van der Waals surface area contributed by atoms with E-state index >= 15 is 0 Å². The minimum Gasteiger partial charge on any atom is -0.472 e. The zero-order valence-electron chi connectivity index (χ0n) is 9.92. The van der Waals surface area contributed by atoms with Gasteiger partial charge in [0.05, 0.1) is 11.5 Å². The Balaban J connectivity index is 2.77. The van der Waals surface area contributed by atoms with Gasteiger partial charge in [-0.25, -0.2) is 4.98 Å². The average molecular weight is 240 g/mol. The molecule has 1 aromatic heterocycles. The first-order valence-electron chi connectivity index (χ1n) is 5.43. The van der Waals surface area contributed by atoms with Crippen LogP contribution in [-0.2, 0) is 0 Å². The van der Waals surface area contributed by atoms with Crippen molar-refractivity contribution in [1.82, 2.24) is 9.97 Å². The molecule has 0 aliphatic carbocycles. The number of hydrogen-bond acceptors (Lipinski definition) is 6. The number of rotatable bonds is 6. The third-order valence-corrected chi connectivity index (χ3v) is 2.29. The van der Waals surface area contributed by atoms with Gasteiger partial charge in [-0.2, -0.15) is 4.98 Å². The number of nitro groups is 1. The van der Waals surface area contributed by atoms with Gasteiger partial charge in [0.15, 0.2) is 0 Å². The maximum atomic E-state index is 10.8. The molecule has 94 valence electrons. The number of ether oxygens (including phenoxy) is 1. The van der Waals surface area contributed by atoms with Gasteiger partial charge >= 0.3 is 5.69 Å². The first kappa shape index (κ1) is 13.1. The van der Waals surface area contributed by atoms with E-state index in [0.29, 0.717) is 12.5 Å². The molecule has 0 aliphatic heterocycles. The fourth-order valence-electron chi connectivity index (χ4n) is 1.45. The molecule has 0 saturated heterocycles. The van der Waals surface area contributed by atoms with Crippen molar-refractivity contribution >= 4 is 11.5 Å². The van der Waals surface area contributed by atoms with Crippen LogP contribution in [0.5, 0.6) is 5.88 Å². The van der Waals surface area contributed by atoms with Crippen LogP contribution in [0.2, 0.25) is 0 Å². The van der Waals surface area contributed by atoms with Crippen LogP contribution in [-0.4, -0.2) is 21.5 Å². The summed E-state index contributed by atoms with van der Waals surface area (Å²) in [6, 6.07) is 0. The molecule has 0 amide bonds. The van der Waals surface area contributed by atoms with E-state index in [4.69, 9.17) is 10.5 Å². The maximum Gasteiger partial charge on any atom is 0.372 e. The van der Waals surface area contributed by atoms with Gasteiger partial charge in [-0.05, 0) is 12.3 Å². The highest BCUT2D eigenvalue weighted by atomic mass is 16.6. The molecule has 0 bridgehead atoms. The second kappa shape index (κ2) is 5.97. The molecule has 17 heavy (non-hydrogen) atoms. The molecule has 0 saturated carbocycles. The van der Waals surface area contributed by atoms with Gasteiger partial charge in [-0.3, -0.25) is 10.1 Å². The third-order valence-electron chi connectivity index (χ3n) is 2.29. The fraction of sp³-hybridized carbons (Fsp3) is 0.600. The fourth-order valence-corrected chi connectivity index (χ4v) is 1.45. The SMILES string of the molecule is CCCC(C)COc1ncnc(N)c1[N+](=O)[O-]. The molecule has 0 aromatic carbocycles. The molecule has 7 heteroatoms. The Labute approximate surface area is 99.2 Å². The Bertz CT molecular complexity index is 397. The minimum absolute atomic E-state index is 0.0644. The van der Waals surface area contributed by atoms with Gasteiger partial charge < -0.3 is 10.5 Å². The monoisotopic (exact) mass is 240 g/mol. The molecule has 0 fully saturated rings. The lowest BCUT2D eigenvalue weighted by Gasteiger charge is -2.11. The Morgan fingerprint density at radius 1 is 1.59 bits per heavy atom. The molecule has 1 unspecified atom stereocenters. The molecule has 0 radical (unpaired) electrons. The summed E-state index contributed by atoms with van der Waals surface area (Å²) < 4.78 is 5.32. The lowest BCUT2D eigenvalue weighted by molar-refractivity contribution is -0.385. The van der Waals surface area contributed by atoms with Crippen molar-refractivity contribution < 1.29 is 9.66 Å². The number of hydrogen-bond donors (Lipinski definition) is 1. The molecule has 0 spiro atoms. The van der Waals surface area contributed by atoms with E-state index in [1.165, 1.54) is 0 Å². The van der Waals surface area contributed by atoms with E-state index in [2.05, 4.69) is 16.9 Å². The van der Waals surface area contributed by atoms with E-state index < -0.39 is 4.92 Å². The van der Waals surface area contributed by atoms with Crippen molar-refractivity contribution in [3.63, 3.8) is 0 Å². The Kier molecular flexibility index (Phi) is 4.62. The van der Waals surface area contributed by atoms with Crippen LogP contribution in [0.25, 0.3) is 0 Å². The van der Waals surface area contributed by atoms with Gasteiger partial charge in [-0.1, -0.05) is 20.3 Å². The number of nitrogens with two attached hydrogens (primary N) is 1. The van der Waals surface area contributed by atoms with Gasteiger partial charge in [0.25, 0.3) is 5.88 Å². The molecule has 1 heterocycles. The van der Waals surface area contributed by atoms with E-state index in [1.807, 2.05) is 6.92 Å². The van der Waals surface area contributed by atoms with Crippen molar-refractivity contribution in [2.75, 3.05) is 12.3 Å². The first-order valence-corrected chi connectivity index (χ1v) is 5.43. The smallest absolute Gasteiger partial charge is 0.372 e. The van der Waals surface area contributed by atoms with Crippen molar-refractivity contribution in [3.8, 4) is 5.88 Å². The molecule has 1 atom stereocenters. The second-order valence-electron chi connectivity index (χ2n) is 3.87. The average Bonchev–Trinajstić information content (AvgIpc) is 2.26. The molecular weight excluding hydrogens is 224 g/mol. The predicted molar refractivity (Wildman–Crippen MR) is 62.7 cm³/mol. The van der Waals surface area contributed by atoms with Crippen molar-refractivity contribution in [2.45, 2.75) is 26.7 Å². The van der Waals surface area contributed by atoms with Gasteiger partial charge in [0, 0.05) is 0 Å². The predicted octanol–water partition coefficient (Wildman–Crippen LogP) is 1.78. The molecule has 0 aliphatic rings. The van der Waals surface area contributed by atoms with E-state index in [0.717, 1.165) is 19.2 Å². The van der Waals surface area contributed by atoms with Gasteiger partial charge in [0.2, 0.25) is 5.82 Å². The topological polar surface area (TPSA) is 104 Å². The Morgan fingerprint density at radius 2 is 2.29 bits per heavy atom. The summed E-state index contributed by atoms with van der Waals surface area (Å²) >= 11 is 0. The number of nitrogens with zero attached hydrogens (tertiary/aromatic N) is 3. The minimum atomic E-state index is -0.630. The summed E-state index contributed by atoms with van der Waals surface area (Å²) in [6.07, 6.45) is 3.19. The molecule has 2 N–H and O–H groups in total. The number of nitrogen functional groups attached to an aromatic ring is 1. The second-order valence-corrected chi connectivity index (χ2v) is 3.87. The summed E-state index contributed by atoms with van der Waals surface area (Å²) in [5.41, 5.74) is 5.05. The molecule has 1 rings (SSSR count). The molecule has 7 nitrogen and oxygen atoms in total. The number of anilines is 1. The van der Waals surface area contributed by atoms with E-state index in [9.17, 15) is 10.1 Å². The van der Waals surface area contributed by atoms with Crippen LogP contribution in [0.15, 0.2) is 6.33 Å². The molecular formula is C10H16N4O3. The summed E-state index contributed by atoms with van der Waals surface area (Å²) in [7, 11) is 0. The first-order chi connectivity index (χ1) is 8.06. The Hall–Kier alpha value is -1.92. The zero-order valence-corrected chi connectivity index (χ0v) is 9.92. The highest BCUT2D eigenvalue weighted by Gasteiger charge is 2.22. The van der Waals surface area contributed by atoms with Gasteiger partial charge in [-0.15, -0.1) is 0 Å². The maximum absolute atomic E-state index is 10.8. The molecule has 1 aromatic rings. The quantitative estimate of drug-likeness (QED) is 0.600. The summed E-state index contributed by atoms with van der Waals surface area (Å²) in [4.78, 5) is 17.5. The summed E-state index contributed by atoms with van der Waals surface area (Å²) in [6.45, 7) is 4.46. The van der Waals surface area contributed by atoms with Crippen LogP contribution < -0.4 is 10.5 Å². The highest BCUT2D eigenvalue weighted by molar-refractivity contribution is 5.57. The summed E-state index contributed by atoms with van der Waals surface area (Å²) in [5, 5.41) is 10.8. The van der Waals surface area contributed by atoms with Crippen LogP contribution >= 0.6 is 0 Å². The van der Waals surface area contributed by atoms with Crippen molar-refractivity contribution in [3.05, 3.63) is 16.4 Å². The van der Waals surface area contributed by atoms with Gasteiger partial charge in [0.1, 0.15) is 6.33 Å². The zero-order chi connectivity index (χ0) is 12.8. The van der Waals surface area contributed by atoms with Crippen LogP contribution in [0.1, 0.15) is 26.7 Å². The van der Waals surface area contributed by atoms with E-state index in [-0.39, 0.29) is 17.4 Å². The third kappa shape index (κ3) is 3.54. The Morgan fingerprint density at radius 3 is 2.88 bits per heavy atom. The lowest BCUT2D eigenvalue weighted by atomic mass is 10.1. The van der Waals surface area contributed by atoms with E-state index in [1.54, 1.807) is 0 Å². The van der Waals surface area contributed by atoms with Crippen molar-refractivity contribution in [1.29, 1.82) is 0 Å². The number of aromatic nitrogens is 2. The van der Waals surface area contributed by atoms with Crippen molar-refractivity contribution in [2.24, 2.45) is 5.92 Å². The highest BCUT2D eigenvalue weighted by Crippen LogP contribution is 2.28.